The number of para-hydroxylation sites is 2. The summed E-state index contributed by atoms with van der Waals surface area (Å²) < 4.78 is 2.00. The lowest BCUT2D eigenvalue weighted by atomic mass is 9.92. The maximum atomic E-state index is 11.5. The first kappa shape index (κ1) is 15.2. The molecule has 3 aromatic rings. The van der Waals surface area contributed by atoms with Crippen molar-refractivity contribution in [1.29, 1.82) is 0 Å². The Labute approximate surface area is 145 Å². The molecule has 4 rings (SSSR count). The van der Waals surface area contributed by atoms with E-state index in [4.69, 9.17) is 4.98 Å². The monoisotopic (exact) mass is 330 g/mol. The quantitative estimate of drug-likeness (QED) is 0.319. The summed E-state index contributed by atoms with van der Waals surface area (Å²) >= 11 is 0. The van der Waals surface area contributed by atoms with E-state index < -0.39 is 0 Å². The maximum absolute atomic E-state index is 11.5. The molecule has 0 atom stereocenters. The highest BCUT2D eigenvalue weighted by molar-refractivity contribution is 5.86. The maximum Gasteiger partial charge on any atom is 0.219 e. The summed E-state index contributed by atoms with van der Waals surface area (Å²) in [6.45, 7) is 4.51. The average Bonchev–Trinajstić information content (AvgIpc) is 3.00. The van der Waals surface area contributed by atoms with Crippen molar-refractivity contribution in [3.8, 4) is 0 Å². The van der Waals surface area contributed by atoms with E-state index in [1.54, 1.807) is 18.2 Å². The lowest BCUT2D eigenvalue weighted by molar-refractivity contribution is -0.501. The van der Waals surface area contributed by atoms with Gasteiger partial charge in [0.15, 0.2) is 0 Å². The summed E-state index contributed by atoms with van der Waals surface area (Å²) in [5.41, 5.74) is 3.55. The summed E-state index contributed by atoms with van der Waals surface area (Å²) in [6, 6.07) is 15.6. The first-order valence-electron chi connectivity index (χ1n) is 8.08. The predicted molar refractivity (Wildman–Crippen MR) is 97.0 cm³/mol. The standard InChI is InChI=1S/C20H16N3O2/c1-2-12-22-13-11-15-14-7-3-5-9-17(14)21-19(15)20(22)16-8-4-6-10-18(16)23(24)25/h2-10,12H,1,11,13H2/q-1. The van der Waals surface area contributed by atoms with Crippen molar-refractivity contribution in [2.75, 3.05) is 6.54 Å². The predicted octanol–water partition coefficient (Wildman–Crippen LogP) is 3.62. The molecule has 0 spiro atoms. The number of fused-ring (bicyclic) bond motifs is 3. The molecule has 1 aromatic heterocycles. The van der Waals surface area contributed by atoms with Gasteiger partial charge in [0.1, 0.15) is 18.8 Å². The van der Waals surface area contributed by atoms with Crippen molar-refractivity contribution in [2.24, 2.45) is 0 Å². The summed E-state index contributed by atoms with van der Waals surface area (Å²) in [6.07, 6.45) is 4.39. The van der Waals surface area contributed by atoms with Crippen molar-refractivity contribution in [3.63, 3.8) is 0 Å². The van der Waals surface area contributed by atoms with Crippen LogP contribution in [0.15, 0.2) is 61.2 Å². The second kappa shape index (κ2) is 5.94. The molecule has 5 nitrogen and oxygen atoms in total. The van der Waals surface area contributed by atoms with E-state index in [2.05, 4.69) is 12.6 Å². The number of hydrogen-bond donors (Lipinski definition) is 0. The van der Waals surface area contributed by atoms with E-state index >= 15 is 0 Å². The molecule has 0 fully saturated rings. The highest BCUT2D eigenvalue weighted by Crippen LogP contribution is 2.38. The zero-order valence-corrected chi connectivity index (χ0v) is 13.6. The molecule has 0 bridgehead atoms. The Morgan fingerprint density at radius 3 is 2.84 bits per heavy atom. The van der Waals surface area contributed by atoms with Gasteiger partial charge in [-0.3, -0.25) is 14.7 Å². The number of rotatable bonds is 3. The summed E-state index contributed by atoms with van der Waals surface area (Å²) in [4.78, 5) is 16.0. The fourth-order valence-corrected chi connectivity index (χ4v) is 3.46. The smallest absolute Gasteiger partial charge is 0.219 e. The Morgan fingerprint density at radius 1 is 1.24 bits per heavy atom. The Hall–Kier alpha value is -3.34. The van der Waals surface area contributed by atoms with Crippen LogP contribution in [-0.4, -0.2) is 27.2 Å². The largest absolute Gasteiger partial charge is 0.335 e. The van der Waals surface area contributed by atoms with Gasteiger partial charge < -0.3 is 4.98 Å². The Kier molecular flexibility index (Phi) is 3.61. The minimum atomic E-state index is -0.342. The van der Waals surface area contributed by atoms with Crippen molar-refractivity contribution in [2.45, 2.75) is 6.42 Å². The molecule has 0 amide bonds. The van der Waals surface area contributed by atoms with Crippen LogP contribution in [0, 0.1) is 16.2 Å². The van der Waals surface area contributed by atoms with Crippen LogP contribution in [0.3, 0.4) is 0 Å². The van der Waals surface area contributed by atoms with Crippen LogP contribution >= 0.6 is 0 Å². The molecule has 0 radical (unpaired) electrons. The van der Waals surface area contributed by atoms with Crippen LogP contribution in [-0.2, 0) is 6.42 Å². The van der Waals surface area contributed by atoms with Gasteiger partial charge in [0, 0.05) is 16.2 Å². The molecular formula is C20H16N3O2-. The Balaban J connectivity index is 2.00. The van der Waals surface area contributed by atoms with Crippen molar-refractivity contribution in [3.05, 3.63) is 94.2 Å². The van der Waals surface area contributed by atoms with E-state index in [0.717, 1.165) is 41.2 Å². The molecule has 0 saturated heterocycles. The molecule has 0 aliphatic carbocycles. The molecule has 0 saturated carbocycles. The third kappa shape index (κ3) is 2.41. The Morgan fingerprint density at radius 2 is 2.04 bits per heavy atom. The van der Waals surface area contributed by atoms with Gasteiger partial charge >= 0.3 is 0 Å². The van der Waals surface area contributed by atoms with E-state index in [9.17, 15) is 10.1 Å². The van der Waals surface area contributed by atoms with Gasteiger partial charge in [-0.25, -0.2) is 0 Å². The number of nitro groups is 1. The summed E-state index contributed by atoms with van der Waals surface area (Å²) in [7, 11) is 0. The van der Waals surface area contributed by atoms with Crippen LogP contribution in [0.25, 0.3) is 10.9 Å². The van der Waals surface area contributed by atoms with Gasteiger partial charge in [0.25, 0.3) is 0 Å². The fraction of sp³-hybridized carbons (Fsp3) is 0.100. The third-order valence-corrected chi connectivity index (χ3v) is 4.50. The van der Waals surface area contributed by atoms with Gasteiger partial charge in [-0.2, -0.15) is 0 Å². The molecule has 25 heavy (non-hydrogen) atoms. The molecule has 1 aliphatic rings. The highest BCUT2D eigenvalue weighted by Gasteiger charge is 2.31. The molecule has 0 unspecified atom stereocenters. The first-order chi connectivity index (χ1) is 12.2. The van der Waals surface area contributed by atoms with E-state index in [1.807, 2.05) is 35.1 Å². The second-order valence-corrected chi connectivity index (χ2v) is 5.91. The summed E-state index contributed by atoms with van der Waals surface area (Å²) in [5, 5.41) is 12.7. The SMILES string of the molecule is C=CC=[N+]1CCc2c(n[c-]3ccccc23)[C-]1c1ccccc1[N+](=O)[O-]. The van der Waals surface area contributed by atoms with E-state index in [-0.39, 0.29) is 10.6 Å². The van der Waals surface area contributed by atoms with Crippen LogP contribution in [0.4, 0.5) is 5.69 Å². The molecule has 5 heteroatoms. The zero-order chi connectivity index (χ0) is 17.4. The van der Waals surface area contributed by atoms with Gasteiger partial charge in [-0.05, 0) is 24.1 Å². The Bertz CT molecular complexity index is 1020. The van der Waals surface area contributed by atoms with Crippen LogP contribution < -0.4 is 0 Å². The van der Waals surface area contributed by atoms with Crippen molar-refractivity contribution >= 4 is 22.8 Å². The first-order valence-corrected chi connectivity index (χ1v) is 8.08. The number of allylic oxidation sites excluding steroid dienone is 1. The lowest BCUT2D eigenvalue weighted by Crippen LogP contribution is -2.30. The normalized spacial score (nSPS) is 15.4. The minimum Gasteiger partial charge on any atom is -0.335 e. The van der Waals surface area contributed by atoms with E-state index in [1.165, 1.54) is 6.07 Å². The number of nitro benzene ring substituents is 1. The topological polar surface area (TPSA) is 59.0 Å². The minimum absolute atomic E-state index is 0.0832. The fourth-order valence-electron chi connectivity index (χ4n) is 3.46. The molecular weight excluding hydrogens is 314 g/mol. The van der Waals surface area contributed by atoms with Crippen LogP contribution in [0.5, 0.6) is 0 Å². The van der Waals surface area contributed by atoms with Gasteiger partial charge in [0.05, 0.1) is 0 Å². The summed E-state index contributed by atoms with van der Waals surface area (Å²) in [5.74, 6) is 0. The second-order valence-electron chi connectivity index (χ2n) is 5.91. The van der Waals surface area contributed by atoms with Crippen LogP contribution in [0.1, 0.15) is 16.8 Å². The van der Waals surface area contributed by atoms with Gasteiger partial charge in [-0.15, -0.1) is 47.9 Å². The van der Waals surface area contributed by atoms with Crippen LogP contribution in [0.2, 0.25) is 0 Å². The third-order valence-electron chi connectivity index (χ3n) is 4.50. The van der Waals surface area contributed by atoms with Crippen molar-refractivity contribution < 1.29 is 9.50 Å². The molecule has 2 aromatic carbocycles. The molecule has 2 heterocycles. The average molecular weight is 330 g/mol. The number of nitrogens with zero attached hydrogens (tertiary/aromatic N) is 3. The molecule has 1 aliphatic heterocycles. The number of hydrogen-bond acceptors (Lipinski definition) is 3. The zero-order valence-electron chi connectivity index (χ0n) is 13.6. The van der Waals surface area contributed by atoms with E-state index in [0.29, 0.717) is 5.56 Å². The lowest BCUT2D eigenvalue weighted by Gasteiger charge is -2.28. The highest BCUT2D eigenvalue weighted by atomic mass is 16.6. The van der Waals surface area contributed by atoms with Crippen molar-refractivity contribution in [1.82, 2.24) is 4.98 Å². The van der Waals surface area contributed by atoms with Gasteiger partial charge in [0.2, 0.25) is 5.69 Å². The molecule has 124 valence electrons. The molecule has 0 N–H and O–H groups in total. The van der Waals surface area contributed by atoms with Gasteiger partial charge in [-0.1, -0.05) is 12.1 Å². The number of aromatic nitrogens is 1. The number of benzene rings is 2.